The lowest BCUT2D eigenvalue weighted by Gasteiger charge is -2.44. The molecule has 174 valence electrons. The topological polar surface area (TPSA) is 78.9 Å². The third-order valence-corrected chi connectivity index (χ3v) is 7.00. The largest absolute Gasteiger partial charge is 0.490 e. The summed E-state index contributed by atoms with van der Waals surface area (Å²) < 4.78 is 38.1. The molecule has 3 heterocycles. The highest BCUT2D eigenvalue weighted by Gasteiger charge is 2.48. The van der Waals surface area contributed by atoms with Crippen molar-refractivity contribution in [2.45, 2.75) is 63.5 Å². The Morgan fingerprint density at radius 1 is 1.32 bits per heavy atom. The average Bonchev–Trinajstić information content (AvgIpc) is 3.20. The van der Waals surface area contributed by atoms with Crippen molar-refractivity contribution in [3.8, 4) is 0 Å². The Balaban J connectivity index is 0.000000339. The van der Waals surface area contributed by atoms with Gasteiger partial charge in [0.25, 0.3) is 0 Å². The van der Waals surface area contributed by atoms with Gasteiger partial charge in [-0.3, -0.25) is 9.69 Å². The van der Waals surface area contributed by atoms with E-state index < -0.39 is 12.1 Å². The van der Waals surface area contributed by atoms with E-state index in [-0.39, 0.29) is 17.6 Å². The molecule has 1 saturated carbocycles. The molecule has 1 aromatic rings. The molecule has 31 heavy (non-hydrogen) atoms. The summed E-state index contributed by atoms with van der Waals surface area (Å²) in [7, 11) is 0. The Bertz CT molecular complexity index is 754. The number of hydrogen-bond acceptors (Lipinski definition) is 5. The molecule has 6 nitrogen and oxygen atoms in total. The van der Waals surface area contributed by atoms with Gasteiger partial charge in [0.2, 0.25) is 5.91 Å². The first kappa shape index (κ1) is 24.0. The number of ether oxygens (including phenoxy) is 1. The van der Waals surface area contributed by atoms with E-state index in [4.69, 9.17) is 14.6 Å². The van der Waals surface area contributed by atoms with E-state index in [1.54, 1.807) is 11.3 Å². The van der Waals surface area contributed by atoms with Crippen LogP contribution in [0.15, 0.2) is 16.8 Å². The number of carboxylic acid groups (broad SMARTS) is 1. The van der Waals surface area contributed by atoms with Crippen LogP contribution in [0.2, 0.25) is 0 Å². The molecule has 3 atom stereocenters. The summed E-state index contributed by atoms with van der Waals surface area (Å²) in [5.74, 6) is -1.44. The summed E-state index contributed by atoms with van der Waals surface area (Å²) in [6.45, 7) is 6.30. The number of carboxylic acids is 1. The zero-order chi connectivity index (χ0) is 22.6. The highest BCUT2D eigenvalue weighted by Crippen LogP contribution is 2.42. The lowest BCUT2D eigenvalue weighted by Crippen LogP contribution is -2.51. The highest BCUT2D eigenvalue weighted by molar-refractivity contribution is 7.07. The molecule has 3 fully saturated rings. The molecule has 1 unspecified atom stereocenters. The molecule has 4 rings (SSSR count). The lowest BCUT2D eigenvalue weighted by atomic mass is 9.80. The van der Waals surface area contributed by atoms with Gasteiger partial charge in [-0.2, -0.15) is 24.5 Å². The fourth-order valence-electron chi connectivity index (χ4n) is 4.21. The molecule has 1 aromatic heterocycles. The van der Waals surface area contributed by atoms with Crippen molar-refractivity contribution in [2.24, 2.45) is 11.8 Å². The second-order valence-electron chi connectivity index (χ2n) is 8.72. The van der Waals surface area contributed by atoms with Gasteiger partial charge in [-0.05, 0) is 66.3 Å². The van der Waals surface area contributed by atoms with Crippen LogP contribution in [0.5, 0.6) is 0 Å². The second-order valence-corrected chi connectivity index (χ2v) is 9.50. The first-order valence-electron chi connectivity index (χ1n) is 10.6. The molecule has 1 amide bonds. The molecule has 0 radical (unpaired) electrons. The first-order chi connectivity index (χ1) is 14.6. The van der Waals surface area contributed by atoms with Crippen molar-refractivity contribution in [2.75, 3.05) is 19.6 Å². The molecule has 2 aliphatic heterocycles. The zero-order valence-corrected chi connectivity index (χ0v) is 18.3. The van der Waals surface area contributed by atoms with Gasteiger partial charge in [0.1, 0.15) is 6.10 Å². The third kappa shape index (κ3) is 6.66. The van der Waals surface area contributed by atoms with Crippen LogP contribution in [-0.2, 0) is 20.9 Å². The smallest absolute Gasteiger partial charge is 0.475 e. The number of thiophene rings is 1. The average molecular weight is 463 g/mol. The van der Waals surface area contributed by atoms with Crippen LogP contribution in [0.3, 0.4) is 0 Å². The summed E-state index contributed by atoms with van der Waals surface area (Å²) in [4.78, 5) is 23.8. The molecular formula is C21H29F3N2O4S. The number of rotatable bonds is 5. The number of piperidine rings is 1. The van der Waals surface area contributed by atoms with Crippen LogP contribution in [0.1, 0.15) is 44.6 Å². The molecule has 3 aliphatic rings. The van der Waals surface area contributed by atoms with Gasteiger partial charge in [-0.1, -0.05) is 6.92 Å². The van der Waals surface area contributed by atoms with Gasteiger partial charge in [-0.25, -0.2) is 4.79 Å². The molecule has 2 saturated heterocycles. The zero-order valence-electron chi connectivity index (χ0n) is 17.5. The number of nitrogens with zero attached hydrogens (tertiary/aromatic N) is 1. The third-order valence-electron chi connectivity index (χ3n) is 6.27. The predicted octanol–water partition coefficient (Wildman–Crippen LogP) is 3.67. The summed E-state index contributed by atoms with van der Waals surface area (Å²) in [6, 6.07) is 2.21. The Labute approximate surface area is 183 Å². The van der Waals surface area contributed by atoms with Crippen molar-refractivity contribution >= 4 is 23.2 Å². The molecule has 1 spiro atoms. The number of carbonyl (C=O) groups excluding carboxylic acids is 1. The maximum absolute atomic E-state index is 12.3. The molecule has 0 aromatic carbocycles. The maximum atomic E-state index is 12.3. The summed E-state index contributed by atoms with van der Waals surface area (Å²) in [6.07, 6.45) is 0.187. The minimum absolute atomic E-state index is 0.0767. The Morgan fingerprint density at radius 3 is 2.58 bits per heavy atom. The lowest BCUT2D eigenvalue weighted by molar-refractivity contribution is -0.192. The van der Waals surface area contributed by atoms with Gasteiger partial charge >= 0.3 is 12.1 Å². The fraction of sp³-hybridized carbons (Fsp3) is 0.714. The number of alkyl halides is 3. The second kappa shape index (κ2) is 9.87. The van der Waals surface area contributed by atoms with E-state index in [9.17, 15) is 18.0 Å². The number of aliphatic carboxylic acids is 1. The van der Waals surface area contributed by atoms with E-state index in [1.807, 2.05) is 0 Å². The van der Waals surface area contributed by atoms with E-state index in [1.165, 1.54) is 18.4 Å². The minimum atomic E-state index is -5.08. The normalized spacial score (nSPS) is 28.8. The first-order valence-corrected chi connectivity index (χ1v) is 11.5. The van der Waals surface area contributed by atoms with Gasteiger partial charge in [0.15, 0.2) is 0 Å². The standard InChI is InChI=1S/C19H28N2O2S.C2HF3O2/c1-14-11-21(12-16-5-9-24-13-16)8-7-19(14)6-4-17(23-19)18(22)20-10-15-2-3-15;3-2(4,5)1(6)7/h5,9,13-15,17H,2-4,6-8,10-12H2,1H3,(H,20,22);(H,6,7)/t14-,17?,19+;/m0./s1. The molecule has 1 aliphatic carbocycles. The van der Waals surface area contributed by atoms with E-state index in [0.29, 0.717) is 5.92 Å². The molecular weight excluding hydrogens is 433 g/mol. The van der Waals surface area contributed by atoms with Crippen molar-refractivity contribution in [3.63, 3.8) is 0 Å². The maximum Gasteiger partial charge on any atom is 0.490 e. The quantitative estimate of drug-likeness (QED) is 0.698. The Kier molecular flexibility index (Phi) is 7.64. The monoisotopic (exact) mass is 462 g/mol. The van der Waals surface area contributed by atoms with Crippen LogP contribution in [0.4, 0.5) is 13.2 Å². The van der Waals surface area contributed by atoms with Crippen LogP contribution < -0.4 is 5.32 Å². The van der Waals surface area contributed by atoms with Gasteiger partial charge in [0.05, 0.1) is 5.60 Å². The number of amides is 1. The van der Waals surface area contributed by atoms with Crippen LogP contribution in [0, 0.1) is 11.8 Å². The SMILES string of the molecule is C[C@H]1CN(Cc2ccsc2)CC[C@]12CCC(C(=O)NCC1CC1)O2.O=C(O)C(F)(F)F. The predicted molar refractivity (Wildman–Crippen MR) is 110 cm³/mol. The van der Waals surface area contributed by atoms with E-state index in [0.717, 1.165) is 51.4 Å². The van der Waals surface area contributed by atoms with E-state index in [2.05, 4.69) is 34.0 Å². The minimum Gasteiger partial charge on any atom is -0.475 e. The number of carbonyl (C=O) groups is 2. The summed E-state index contributed by atoms with van der Waals surface area (Å²) >= 11 is 1.77. The van der Waals surface area contributed by atoms with Gasteiger partial charge in [-0.15, -0.1) is 0 Å². The van der Waals surface area contributed by atoms with Gasteiger partial charge < -0.3 is 15.2 Å². The van der Waals surface area contributed by atoms with Crippen molar-refractivity contribution in [1.29, 1.82) is 0 Å². The van der Waals surface area contributed by atoms with Crippen LogP contribution in [0.25, 0.3) is 0 Å². The summed E-state index contributed by atoms with van der Waals surface area (Å²) in [5, 5.41) is 14.6. The van der Waals surface area contributed by atoms with Crippen molar-refractivity contribution in [1.82, 2.24) is 10.2 Å². The van der Waals surface area contributed by atoms with E-state index >= 15 is 0 Å². The van der Waals surface area contributed by atoms with Crippen molar-refractivity contribution < 1.29 is 32.6 Å². The van der Waals surface area contributed by atoms with Crippen LogP contribution >= 0.6 is 11.3 Å². The Morgan fingerprint density at radius 2 is 2.03 bits per heavy atom. The molecule has 2 N–H and O–H groups in total. The van der Waals surface area contributed by atoms with Crippen LogP contribution in [-0.4, -0.2) is 59.4 Å². The number of nitrogens with one attached hydrogen (secondary N) is 1. The number of likely N-dealkylation sites (tertiary alicyclic amines) is 1. The fourth-order valence-corrected chi connectivity index (χ4v) is 4.87. The Hall–Kier alpha value is -1.65. The molecule has 0 bridgehead atoms. The molecule has 10 heteroatoms. The van der Waals surface area contributed by atoms with Crippen molar-refractivity contribution in [3.05, 3.63) is 22.4 Å². The number of hydrogen-bond donors (Lipinski definition) is 2. The summed E-state index contributed by atoms with van der Waals surface area (Å²) in [5.41, 5.74) is 1.33. The number of halogens is 3. The highest BCUT2D eigenvalue weighted by atomic mass is 32.1. The van der Waals surface area contributed by atoms with Gasteiger partial charge in [0, 0.05) is 26.2 Å².